The van der Waals surface area contributed by atoms with Gasteiger partial charge in [0.1, 0.15) is 9.84 Å². The van der Waals surface area contributed by atoms with Gasteiger partial charge >= 0.3 is 0 Å². The number of benzene rings is 1. The first-order chi connectivity index (χ1) is 10.9. The summed E-state index contributed by atoms with van der Waals surface area (Å²) in [6.07, 6.45) is 3.43. The highest BCUT2D eigenvalue weighted by Gasteiger charge is 2.28. The van der Waals surface area contributed by atoms with Gasteiger partial charge in [-0.3, -0.25) is 4.79 Å². The number of likely N-dealkylation sites (N-methyl/N-ethyl adjacent to an activating group) is 1. The Kier molecular flexibility index (Phi) is 4.19. The number of hydrogen-bond acceptors (Lipinski definition) is 3. The van der Waals surface area contributed by atoms with Crippen LogP contribution in [0.2, 0.25) is 0 Å². The molecule has 1 amide bonds. The van der Waals surface area contributed by atoms with Gasteiger partial charge in [0.25, 0.3) is 0 Å². The Balaban J connectivity index is 1.73. The standard InChI is InChI=1S/C17H22N2O3S/c1-18-12-13(15-5-3-4-6-16(15)18)11-17(20)19(2)14-7-9-23(21,22)10-8-14/h3-6,12,14H,7-11H2,1-2H3. The molecule has 0 spiro atoms. The van der Waals surface area contributed by atoms with Gasteiger partial charge in [-0.05, 0) is 24.5 Å². The van der Waals surface area contributed by atoms with Gasteiger partial charge in [-0.2, -0.15) is 0 Å². The summed E-state index contributed by atoms with van der Waals surface area (Å²) in [6.45, 7) is 0. The molecule has 1 aromatic heterocycles. The fourth-order valence-corrected chi connectivity index (χ4v) is 4.79. The van der Waals surface area contributed by atoms with Crippen LogP contribution in [0.4, 0.5) is 0 Å². The molecule has 0 aliphatic carbocycles. The number of fused-ring (bicyclic) bond motifs is 1. The van der Waals surface area contributed by atoms with E-state index in [0.29, 0.717) is 19.3 Å². The lowest BCUT2D eigenvalue weighted by Gasteiger charge is -2.31. The number of carbonyl (C=O) groups excluding carboxylic acids is 1. The predicted octanol–water partition coefficient (Wildman–Crippen LogP) is 1.76. The van der Waals surface area contributed by atoms with E-state index in [2.05, 4.69) is 0 Å². The Labute approximate surface area is 136 Å². The van der Waals surface area contributed by atoms with Crippen molar-refractivity contribution in [1.29, 1.82) is 0 Å². The number of sulfone groups is 1. The van der Waals surface area contributed by atoms with E-state index in [0.717, 1.165) is 16.5 Å². The monoisotopic (exact) mass is 334 g/mol. The second-order valence-corrected chi connectivity index (χ2v) is 8.65. The fraction of sp³-hybridized carbons (Fsp3) is 0.471. The third-order valence-electron chi connectivity index (χ3n) is 4.79. The minimum Gasteiger partial charge on any atom is -0.350 e. The maximum Gasteiger partial charge on any atom is 0.227 e. The second kappa shape index (κ2) is 6.00. The van der Waals surface area contributed by atoms with Gasteiger partial charge in [0.05, 0.1) is 17.9 Å². The molecule has 5 nitrogen and oxygen atoms in total. The van der Waals surface area contributed by atoms with Crippen LogP contribution in [-0.2, 0) is 28.1 Å². The Bertz CT molecular complexity index is 825. The Morgan fingerprint density at radius 3 is 2.61 bits per heavy atom. The summed E-state index contributed by atoms with van der Waals surface area (Å²) in [4.78, 5) is 14.3. The Morgan fingerprint density at radius 2 is 1.91 bits per heavy atom. The molecule has 0 unspecified atom stereocenters. The predicted molar refractivity (Wildman–Crippen MR) is 91.1 cm³/mol. The zero-order valence-electron chi connectivity index (χ0n) is 13.5. The van der Waals surface area contributed by atoms with Gasteiger partial charge in [-0.15, -0.1) is 0 Å². The summed E-state index contributed by atoms with van der Waals surface area (Å²) in [5.41, 5.74) is 2.13. The van der Waals surface area contributed by atoms with Crippen LogP contribution in [-0.4, -0.2) is 48.4 Å². The molecule has 1 aromatic carbocycles. The van der Waals surface area contributed by atoms with Crippen molar-refractivity contribution in [3.05, 3.63) is 36.0 Å². The highest BCUT2D eigenvalue weighted by Crippen LogP contribution is 2.23. The number of carbonyl (C=O) groups is 1. The quantitative estimate of drug-likeness (QED) is 0.859. The zero-order valence-corrected chi connectivity index (χ0v) is 14.3. The summed E-state index contributed by atoms with van der Waals surface area (Å²) in [6, 6.07) is 8.07. The number of aryl methyl sites for hydroxylation is 1. The van der Waals surface area contributed by atoms with Crippen molar-refractivity contribution in [2.24, 2.45) is 7.05 Å². The first kappa shape index (κ1) is 16.1. The summed E-state index contributed by atoms with van der Waals surface area (Å²) in [5, 5.41) is 1.10. The van der Waals surface area contributed by atoms with Crippen molar-refractivity contribution >= 4 is 26.6 Å². The molecule has 23 heavy (non-hydrogen) atoms. The lowest BCUT2D eigenvalue weighted by atomic mass is 10.1. The van der Waals surface area contributed by atoms with E-state index in [1.807, 2.05) is 42.1 Å². The molecular weight excluding hydrogens is 312 g/mol. The van der Waals surface area contributed by atoms with Gasteiger partial charge in [0, 0.05) is 37.2 Å². The average molecular weight is 334 g/mol. The maximum absolute atomic E-state index is 12.6. The number of rotatable bonds is 3. The largest absolute Gasteiger partial charge is 0.350 e. The molecule has 0 atom stereocenters. The molecule has 0 radical (unpaired) electrons. The summed E-state index contributed by atoms with van der Waals surface area (Å²) < 4.78 is 25.1. The van der Waals surface area contributed by atoms with Crippen molar-refractivity contribution in [3.8, 4) is 0 Å². The van der Waals surface area contributed by atoms with Crippen LogP contribution in [0.1, 0.15) is 18.4 Å². The lowest BCUT2D eigenvalue weighted by Crippen LogP contribution is -2.42. The van der Waals surface area contributed by atoms with Gasteiger partial charge in [0.2, 0.25) is 5.91 Å². The van der Waals surface area contributed by atoms with E-state index in [4.69, 9.17) is 0 Å². The molecular formula is C17H22N2O3S. The van der Waals surface area contributed by atoms with Crippen LogP contribution < -0.4 is 0 Å². The average Bonchev–Trinajstić information content (AvgIpc) is 2.83. The van der Waals surface area contributed by atoms with Crippen molar-refractivity contribution in [1.82, 2.24) is 9.47 Å². The van der Waals surface area contributed by atoms with Gasteiger partial charge in [-0.25, -0.2) is 8.42 Å². The van der Waals surface area contributed by atoms with E-state index in [1.165, 1.54) is 0 Å². The molecule has 2 aromatic rings. The molecule has 0 bridgehead atoms. The molecule has 0 saturated carbocycles. The number of amides is 1. The molecule has 1 fully saturated rings. The molecule has 3 rings (SSSR count). The topological polar surface area (TPSA) is 59.4 Å². The lowest BCUT2D eigenvalue weighted by molar-refractivity contribution is -0.131. The zero-order chi connectivity index (χ0) is 16.6. The van der Waals surface area contributed by atoms with Crippen LogP contribution >= 0.6 is 0 Å². The fourth-order valence-electron chi connectivity index (χ4n) is 3.32. The highest BCUT2D eigenvalue weighted by molar-refractivity contribution is 7.91. The van der Waals surface area contributed by atoms with Crippen LogP contribution in [0.3, 0.4) is 0 Å². The van der Waals surface area contributed by atoms with Gasteiger partial charge in [0.15, 0.2) is 0 Å². The number of para-hydroxylation sites is 1. The summed E-state index contributed by atoms with van der Waals surface area (Å²) in [5.74, 6) is 0.415. The first-order valence-electron chi connectivity index (χ1n) is 7.86. The highest BCUT2D eigenvalue weighted by atomic mass is 32.2. The van der Waals surface area contributed by atoms with E-state index in [-0.39, 0.29) is 23.5 Å². The summed E-state index contributed by atoms with van der Waals surface area (Å²) in [7, 11) is 0.865. The first-order valence-corrected chi connectivity index (χ1v) is 9.68. The molecule has 0 N–H and O–H groups in total. The third kappa shape index (κ3) is 3.27. The van der Waals surface area contributed by atoms with Crippen LogP contribution in [0.25, 0.3) is 10.9 Å². The number of aromatic nitrogens is 1. The SMILES string of the molecule is CN(C(=O)Cc1cn(C)c2ccccc12)C1CCS(=O)(=O)CC1. The minimum atomic E-state index is -2.90. The van der Waals surface area contributed by atoms with E-state index < -0.39 is 9.84 Å². The minimum absolute atomic E-state index is 0.0287. The number of hydrogen-bond donors (Lipinski definition) is 0. The van der Waals surface area contributed by atoms with Gasteiger partial charge in [-0.1, -0.05) is 18.2 Å². The van der Waals surface area contributed by atoms with E-state index in [9.17, 15) is 13.2 Å². The maximum atomic E-state index is 12.6. The molecule has 124 valence electrons. The smallest absolute Gasteiger partial charge is 0.227 e. The third-order valence-corrected chi connectivity index (χ3v) is 6.50. The molecule has 1 aliphatic rings. The second-order valence-electron chi connectivity index (χ2n) is 6.35. The molecule has 1 saturated heterocycles. The van der Waals surface area contributed by atoms with Crippen molar-refractivity contribution in [2.75, 3.05) is 18.6 Å². The number of nitrogens with zero attached hydrogens (tertiary/aromatic N) is 2. The normalized spacial score (nSPS) is 18.2. The molecule has 6 heteroatoms. The van der Waals surface area contributed by atoms with E-state index >= 15 is 0 Å². The van der Waals surface area contributed by atoms with Crippen molar-refractivity contribution in [3.63, 3.8) is 0 Å². The molecule has 2 heterocycles. The Hall–Kier alpha value is -1.82. The molecule has 1 aliphatic heterocycles. The van der Waals surface area contributed by atoms with Crippen LogP contribution in [0.15, 0.2) is 30.5 Å². The van der Waals surface area contributed by atoms with Crippen molar-refractivity contribution < 1.29 is 13.2 Å². The van der Waals surface area contributed by atoms with Crippen LogP contribution in [0.5, 0.6) is 0 Å². The van der Waals surface area contributed by atoms with Crippen LogP contribution in [0, 0.1) is 0 Å². The Morgan fingerprint density at radius 1 is 1.26 bits per heavy atom. The van der Waals surface area contributed by atoms with E-state index in [1.54, 1.807) is 11.9 Å². The van der Waals surface area contributed by atoms with Crippen molar-refractivity contribution in [2.45, 2.75) is 25.3 Å². The van der Waals surface area contributed by atoms with Gasteiger partial charge < -0.3 is 9.47 Å². The summed E-state index contributed by atoms with van der Waals surface area (Å²) >= 11 is 0.